The standard InChI is InChI=1S/C11H10N2O3/c12-4-1-5-16-13-7-9-2-3-10-11(6-9)15-8-14-10/h2-3,6-7H,1,5,8H2/b13-7+. The Labute approximate surface area is 92.8 Å². The molecule has 16 heavy (non-hydrogen) atoms. The summed E-state index contributed by atoms with van der Waals surface area (Å²) in [7, 11) is 0. The van der Waals surface area contributed by atoms with E-state index in [1.165, 1.54) is 0 Å². The van der Waals surface area contributed by atoms with Gasteiger partial charge in [0.05, 0.1) is 18.7 Å². The largest absolute Gasteiger partial charge is 0.454 e. The van der Waals surface area contributed by atoms with E-state index in [4.69, 9.17) is 19.6 Å². The zero-order valence-corrected chi connectivity index (χ0v) is 8.55. The van der Waals surface area contributed by atoms with Crippen LogP contribution in [0, 0.1) is 11.3 Å². The van der Waals surface area contributed by atoms with Crippen LogP contribution in [0.4, 0.5) is 0 Å². The van der Waals surface area contributed by atoms with Crippen LogP contribution in [0.1, 0.15) is 12.0 Å². The zero-order chi connectivity index (χ0) is 11.2. The van der Waals surface area contributed by atoms with E-state index >= 15 is 0 Å². The Morgan fingerprint density at radius 3 is 3.19 bits per heavy atom. The van der Waals surface area contributed by atoms with Crippen LogP contribution in [0.3, 0.4) is 0 Å². The highest BCUT2D eigenvalue weighted by atomic mass is 16.7. The molecule has 0 spiro atoms. The molecule has 1 aliphatic rings. The van der Waals surface area contributed by atoms with Gasteiger partial charge in [-0.2, -0.15) is 5.26 Å². The fourth-order valence-corrected chi connectivity index (χ4v) is 1.24. The van der Waals surface area contributed by atoms with Crippen LogP contribution in [0.5, 0.6) is 11.5 Å². The van der Waals surface area contributed by atoms with Gasteiger partial charge in [-0.25, -0.2) is 0 Å². The highest BCUT2D eigenvalue weighted by Crippen LogP contribution is 2.31. The third kappa shape index (κ3) is 2.42. The Morgan fingerprint density at radius 1 is 1.44 bits per heavy atom. The van der Waals surface area contributed by atoms with E-state index in [9.17, 15) is 0 Å². The predicted octanol–water partition coefficient (Wildman–Crippen LogP) is 1.68. The van der Waals surface area contributed by atoms with Crippen molar-refractivity contribution >= 4 is 6.21 Å². The molecule has 0 amide bonds. The number of hydrogen-bond acceptors (Lipinski definition) is 5. The van der Waals surface area contributed by atoms with E-state index in [0.29, 0.717) is 18.8 Å². The van der Waals surface area contributed by atoms with Crippen LogP contribution in [-0.4, -0.2) is 19.6 Å². The van der Waals surface area contributed by atoms with Gasteiger partial charge in [0, 0.05) is 5.56 Å². The monoisotopic (exact) mass is 218 g/mol. The second-order valence-corrected chi connectivity index (χ2v) is 3.09. The number of hydrogen-bond donors (Lipinski definition) is 0. The number of nitrogens with zero attached hydrogens (tertiary/aromatic N) is 2. The first-order valence-corrected chi connectivity index (χ1v) is 4.82. The van der Waals surface area contributed by atoms with Crippen LogP contribution in [-0.2, 0) is 4.84 Å². The molecule has 2 rings (SSSR count). The van der Waals surface area contributed by atoms with Crippen molar-refractivity contribution in [3.05, 3.63) is 23.8 Å². The van der Waals surface area contributed by atoms with Gasteiger partial charge < -0.3 is 14.3 Å². The summed E-state index contributed by atoms with van der Waals surface area (Å²) < 4.78 is 10.4. The maximum atomic E-state index is 8.28. The predicted molar refractivity (Wildman–Crippen MR) is 56.3 cm³/mol. The topological polar surface area (TPSA) is 63.8 Å². The molecule has 1 heterocycles. The van der Waals surface area contributed by atoms with Gasteiger partial charge in [-0.05, 0) is 18.2 Å². The fourth-order valence-electron chi connectivity index (χ4n) is 1.24. The molecule has 1 aliphatic heterocycles. The Kier molecular flexibility index (Phi) is 3.24. The Bertz CT molecular complexity index is 437. The van der Waals surface area contributed by atoms with E-state index in [1.54, 1.807) is 6.21 Å². The summed E-state index contributed by atoms with van der Waals surface area (Å²) in [6.07, 6.45) is 1.90. The molecule has 5 heteroatoms. The summed E-state index contributed by atoms with van der Waals surface area (Å²) in [6, 6.07) is 7.45. The van der Waals surface area contributed by atoms with Crippen molar-refractivity contribution < 1.29 is 14.3 Å². The van der Waals surface area contributed by atoms with Crippen molar-refractivity contribution in [3.63, 3.8) is 0 Å². The first-order chi connectivity index (χ1) is 7.90. The number of rotatable bonds is 4. The molecule has 0 saturated heterocycles. The molecule has 0 unspecified atom stereocenters. The van der Waals surface area contributed by atoms with Gasteiger partial charge in [0.2, 0.25) is 6.79 Å². The van der Waals surface area contributed by atoms with Gasteiger partial charge in [-0.1, -0.05) is 5.16 Å². The third-order valence-electron chi connectivity index (χ3n) is 1.98. The molecule has 0 saturated carbocycles. The third-order valence-corrected chi connectivity index (χ3v) is 1.98. The average Bonchev–Trinajstić information content (AvgIpc) is 2.76. The van der Waals surface area contributed by atoms with Crippen LogP contribution >= 0.6 is 0 Å². The Hall–Kier alpha value is -2.22. The van der Waals surface area contributed by atoms with Crippen molar-refractivity contribution in [2.24, 2.45) is 5.16 Å². The van der Waals surface area contributed by atoms with Crippen molar-refractivity contribution in [1.29, 1.82) is 5.26 Å². The number of benzene rings is 1. The maximum absolute atomic E-state index is 8.28. The van der Waals surface area contributed by atoms with Gasteiger partial charge in [-0.15, -0.1) is 0 Å². The molecule has 0 radical (unpaired) electrons. The second-order valence-electron chi connectivity index (χ2n) is 3.09. The summed E-state index contributed by atoms with van der Waals surface area (Å²) in [6.45, 7) is 0.562. The average molecular weight is 218 g/mol. The summed E-state index contributed by atoms with van der Waals surface area (Å²) in [5.74, 6) is 1.45. The van der Waals surface area contributed by atoms with Crippen molar-refractivity contribution in [2.75, 3.05) is 13.4 Å². The molecule has 5 nitrogen and oxygen atoms in total. The first kappa shape index (κ1) is 10.3. The summed E-state index contributed by atoms with van der Waals surface area (Å²) in [5, 5.41) is 12.0. The SMILES string of the molecule is N#CCCO/N=C/c1ccc2c(c1)OCO2. The lowest BCUT2D eigenvalue weighted by molar-refractivity contribution is 0.152. The van der Waals surface area contributed by atoms with Crippen molar-refractivity contribution in [3.8, 4) is 17.6 Å². The molecule has 0 N–H and O–H groups in total. The molecule has 0 aromatic heterocycles. The lowest BCUT2D eigenvalue weighted by Gasteiger charge is -1.97. The number of nitriles is 1. The molecule has 1 aromatic rings. The number of ether oxygens (including phenoxy) is 2. The molecule has 0 fully saturated rings. The number of fused-ring (bicyclic) bond motifs is 1. The summed E-state index contributed by atoms with van der Waals surface area (Å²) in [4.78, 5) is 4.87. The molecule has 1 aromatic carbocycles. The fraction of sp³-hybridized carbons (Fsp3) is 0.273. The quantitative estimate of drug-likeness (QED) is 0.438. The zero-order valence-electron chi connectivity index (χ0n) is 8.55. The van der Waals surface area contributed by atoms with Gasteiger partial charge in [0.15, 0.2) is 11.5 Å². The minimum absolute atomic E-state index is 0.259. The molecular weight excluding hydrogens is 208 g/mol. The minimum atomic E-state index is 0.259. The Balaban J connectivity index is 1.92. The lowest BCUT2D eigenvalue weighted by atomic mass is 10.2. The van der Waals surface area contributed by atoms with E-state index in [0.717, 1.165) is 11.3 Å². The smallest absolute Gasteiger partial charge is 0.231 e. The van der Waals surface area contributed by atoms with Crippen molar-refractivity contribution in [1.82, 2.24) is 0 Å². The second kappa shape index (κ2) is 5.03. The van der Waals surface area contributed by atoms with Gasteiger partial charge >= 0.3 is 0 Å². The van der Waals surface area contributed by atoms with Gasteiger partial charge in [0.1, 0.15) is 6.61 Å². The van der Waals surface area contributed by atoms with Crippen LogP contribution in [0.15, 0.2) is 23.4 Å². The van der Waals surface area contributed by atoms with Crippen molar-refractivity contribution in [2.45, 2.75) is 6.42 Å². The minimum Gasteiger partial charge on any atom is -0.454 e. The highest BCUT2D eigenvalue weighted by Gasteiger charge is 2.12. The first-order valence-electron chi connectivity index (χ1n) is 4.82. The van der Waals surface area contributed by atoms with Crippen LogP contribution in [0.2, 0.25) is 0 Å². The molecule has 82 valence electrons. The lowest BCUT2D eigenvalue weighted by Crippen LogP contribution is -1.92. The van der Waals surface area contributed by atoms with Gasteiger partial charge in [-0.3, -0.25) is 0 Å². The summed E-state index contributed by atoms with van der Waals surface area (Å²) in [5.41, 5.74) is 0.862. The van der Waals surface area contributed by atoms with E-state index in [1.807, 2.05) is 24.3 Å². The molecular formula is C11H10N2O3. The van der Waals surface area contributed by atoms with E-state index in [2.05, 4.69) is 5.16 Å². The maximum Gasteiger partial charge on any atom is 0.231 e. The molecule has 0 aliphatic carbocycles. The van der Waals surface area contributed by atoms with E-state index in [-0.39, 0.29) is 6.79 Å². The Morgan fingerprint density at radius 2 is 2.31 bits per heavy atom. The highest BCUT2D eigenvalue weighted by molar-refractivity contribution is 5.80. The molecule has 0 bridgehead atoms. The van der Waals surface area contributed by atoms with E-state index < -0.39 is 0 Å². The van der Waals surface area contributed by atoms with Crippen LogP contribution < -0.4 is 9.47 Å². The normalized spacial score (nSPS) is 12.7. The van der Waals surface area contributed by atoms with Gasteiger partial charge in [0.25, 0.3) is 0 Å². The van der Waals surface area contributed by atoms with Crippen LogP contribution in [0.25, 0.3) is 0 Å². The summed E-state index contributed by atoms with van der Waals surface area (Å²) >= 11 is 0. The molecule has 0 atom stereocenters. The number of oxime groups is 1.